The van der Waals surface area contributed by atoms with Gasteiger partial charge in [-0.15, -0.1) is 0 Å². The Balaban J connectivity index is 1.62. The summed E-state index contributed by atoms with van der Waals surface area (Å²) in [7, 11) is 0. The average molecular weight is 427 g/mol. The summed E-state index contributed by atoms with van der Waals surface area (Å²) in [6.45, 7) is -0.349. The van der Waals surface area contributed by atoms with Crippen molar-refractivity contribution in [3.05, 3.63) is 69.7 Å². The number of aliphatic hydroxyl groups is 2. The summed E-state index contributed by atoms with van der Waals surface area (Å²) in [5.74, 6) is 0. The molecule has 0 radical (unpaired) electrons. The molecule has 150 valence electrons. The SMILES string of the molecule is OC[C@@H]1OC(c2ccccc2Cl)O[C@@H]2[C@H]1OC(c1ccccc1Cl)OC[C@H]2O. The lowest BCUT2D eigenvalue weighted by Gasteiger charge is -2.42. The lowest BCUT2D eigenvalue weighted by molar-refractivity contribution is -0.321. The molecule has 0 spiro atoms. The van der Waals surface area contributed by atoms with Crippen LogP contribution >= 0.6 is 23.2 Å². The van der Waals surface area contributed by atoms with E-state index in [-0.39, 0.29) is 13.2 Å². The molecule has 0 aliphatic carbocycles. The van der Waals surface area contributed by atoms with Gasteiger partial charge in [-0.3, -0.25) is 0 Å². The Labute approximate surface area is 172 Å². The van der Waals surface area contributed by atoms with Gasteiger partial charge < -0.3 is 29.2 Å². The maximum absolute atomic E-state index is 10.6. The molecule has 2 heterocycles. The highest BCUT2D eigenvalue weighted by atomic mass is 35.5. The van der Waals surface area contributed by atoms with Gasteiger partial charge in [0, 0.05) is 21.2 Å². The van der Waals surface area contributed by atoms with Crippen LogP contribution in [0.3, 0.4) is 0 Å². The van der Waals surface area contributed by atoms with Crippen molar-refractivity contribution in [2.45, 2.75) is 37.0 Å². The molecule has 2 aromatic rings. The van der Waals surface area contributed by atoms with Gasteiger partial charge in [0.2, 0.25) is 0 Å². The summed E-state index contributed by atoms with van der Waals surface area (Å²) in [6, 6.07) is 14.2. The summed E-state index contributed by atoms with van der Waals surface area (Å²) < 4.78 is 23.7. The minimum absolute atomic E-state index is 0.0234. The molecular formula is C20H20Cl2O6. The topological polar surface area (TPSA) is 77.4 Å². The monoisotopic (exact) mass is 426 g/mol. The van der Waals surface area contributed by atoms with Crippen molar-refractivity contribution in [2.24, 2.45) is 0 Å². The molecule has 2 unspecified atom stereocenters. The summed E-state index contributed by atoms with van der Waals surface area (Å²) >= 11 is 12.5. The van der Waals surface area contributed by atoms with Crippen LogP contribution in [0, 0.1) is 0 Å². The molecule has 6 nitrogen and oxygen atoms in total. The fourth-order valence-electron chi connectivity index (χ4n) is 3.43. The van der Waals surface area contributed by atoms with Crippen LogP contribution < -0.4 is 0 Å². The number of rotatable bonds is 3. The van der Waals surface area contributed by atoms with Gasteiger partial charge in [0.05, 0.1) is 13.2 Å². The lowest BCUT2D eigenvalue weighted by Crippen LogP contribution is -2.54. The first-order chi connectivity index (χ1) is 13.6. The van der Waals surface area contributed by atoms with Crippen LogP contribution in [-0.4, -0.2) is 47.8 Å². The molecule has 2 aromatic carbocycles. The first-order valence-electron chi connectivity index (χ1n) is 8.94. The molecule has 8 heteroatoms. The van der Waals surface area contributed by atoms with Gasteiger partial charge >= 0.3 is 0 Å². The largest absolute Gasteiger partial charge is 0.394 e. The molecular weight excluding hydrogens is 407 g/mol. The highest BCUT2D eigenvalue weighted by molar-refractivity contribution is 6.31. The quantitative estimate of drug-likeness (QED) is 0.784. The minimum atomic E-state index is -0.986. The van der Waals surface area contributed by atoms with Crippen LogP contribution in [0.4, 0.5) is 0 Å². The second kappa shape index (κ2) is 8.65. The molecule has 2 N–H and O–H groups in total. The van der Waals surface area contributed by atoms with E-state index in [9.17, 15) is 10.2 Å². The molecule has 2 saturated heterocycles. The van der Waals surface area contributed by atoms with E-state index in [0.29, 0.717) is 21.2 Å². The molecule has 0 amide bonds. The van der Waals surface area contributed by atoms with Crippen LogP contribution in [0.5, 0.6) is 0 Å². The number of aliphatic hydroxyl groups excluding tert-OH is 2. The maximum Gasteiger partial charge on any atom is 0.186 e. The van der Waals surface area contributed by atoms with E-state index in [1.54, 1.807) is 36.4 Å². The summed E-state index contributed by atoms with van der Waals surface area (Å²) in [6.07, 6.45) is -4.94. The Kier molecular flexibility index (Phi) is 6.20. The molecule has 0 saturated carbocycles. The summed E-state index contributed by atoms with van der Waals surface area (Å²) in [5.41, 5.74) is 1.24. The van der Waals surface area contributed by atoms with Gasteiger partial charge in [-0.05, 0) is 12.1 Å². The van der Waals surface area contributed by atoms with E-state index in [2.05, 4.69) is 0 Å². The lowest BCUT2D eigenvalue weighted by atomic mass is 10.0. The van der Waals surface area contributed by atoms with Crippen molar-refractivity contribution in [3.63, 3.8) is 0 Å². The van der Waals surface area contributed by atoms with Crippen molar-refractivity contribution in [1.29, 1.82) is 0 Å². The van der Waals surface area contributed by atoms with Gasteiger partial charge in [-0.1, -0.05) is 59.6 Å². The third-order valence-corrected chi connectivity index (χ3v) is 5.53. The normalized spacial score (nSPS) is 33.1. The zero-order valence-corrected chi connectivity index (χ0v) is 16.3. The van der Waals surface area contributed by atoms with E-state index >= 15 is 0 Å². The predicted octanol–water partition coefficient (Wildman–Crippen LogP) is 3.24. The summed E-state index contributed by atoms with van der Waals surface area (Å²) in [5, 5.41) is 21.5. The van der Waals surface area contributed by atoms with Crippen LogP contribution in [-0.2, 0) is 18.9 Å². The molecule has 28 heavy (non-hydrogen) atoms. The second-order valence-corrected chi connectivity index (χ2v) is 7.48. The first-order valence-corrected chi connectivity index (χ1v) is 9.70. The van der Waals surface area contributed by atoms with E-state index in [0.717, 1.165) is 0 Å². The Morgan fingerprint density at radius 3 is 2.00 bits per heavy atom. The Morgan fingerprint density at radius 2 is 1.39 bits per heavy atom. The van der Waals surface area contributed by atoms with Gasteiger partial charge in [0.1, 0.15) is 24.4 Å². The third-order valence-electron chi connectivity index (χ3n) is 4.85. The van der Waals surface area contributed by atoms with Crippen molar-refractivity contribution < 1.29 is 29.2 Å². The Morgan fingerprint density at radius 1 is 0.821 bits per heavy atom. The number of hydrogen-bond donors (Lipinski definition) is 2. The zero-order valence-electron chi connectivity index (χ0n) is 14.8. The summed E-state index contributed by atoms with van der Waals surface area (Å²) in [4.78, 5) is 0. The van der Waals surface area contributed by atoms with Crippen LogP contribution in [0.2, 0.25) is 10.0 Å². The van der Waals surface area contributed by atoms with E-state index in [1.165, 1.54) is 0 Å². The van der Waals surface area contributed by atoms with Gasteiger partial charge in [0.25, 0.3) is 0 Å². The molecule has 4 rings (SSSR count). The van der Waals surface area contributed by atoms with Crippen molar-refractivity contribution in [2.75, 3.05) is 13.2 Å². The number of benzene rings is 2. The average Bonchev–Trinajstić information content (AvgIpc) is 2.87. The van der Waals surface area contributed by atoms with Gasteiger partial charge in [0.15, 0.2) is 12.6 Å². The van der Waals surface area contributed by atoms with E-state index in [4.69, 9.17) is 42.1 Å². The second-order valence-electron chi connectivity index (χ2n) is 6.67. The maximum atomic E-state index is 10.6. The smallest absolute Gasteiger partial charge is 0.186 e. The molecule has 2 fully saturated rings. The van der Waals surface area contributed by atoms with E-state index < -0.39 is 37.0 Å². The highest BCUT2D eigenvalue weighted by Gasteiger charge is 2.47. The third kappa shape index (κ3) is 3.92. The molecule has 2 aliphatic rings. The van der Waals surface area contributed by atoms with Crippen molar-refractivity contribution in [1.82, 2.24) is 0 Å². The first kappa shape index (κ1) is 20.1. The van der Waals surface area contributed by atoms with E-state index in [1.807, 2.05) is 12.1 Å². The Bertz CT molecular complexity index is 775. The van der Waals surface area contributed by atoms with Crippen LogP contribution in [0.1, 0.15) is 23.7 Å². The number of halogens is 2. The van der Waals surface area contributed by atoms with Crippen molar-refractivity contribution >= 4 is 23.2 Å². The predicted molar refractivity (Wildman–Crippen MR) is 102 cm³/mol. The Hall–Kier alpha value is -1.22. The fraction of sp³-hybridized carbons (Fsp3) is 0.400. The number of hydrogen-bond acceptors (Lipinski definition) is 6. The van der Waals surface area contributed by atoms with Gasteiger partial charge in [-0.25, -0.2) is 0 Å². The number of ether oxygens (including phenoxy) is 4. The van der Waals surface area contributed by atoms with Crippen molar-refractivity contribution in [3.8, 4) is 0 Å². The molecule has 0 aromatic heterocycles. The highest BCUT2D eigenvalue weighted by Crippen LogP contribution is 2.40. The van der Waals surface area contributed by atoms with Crippen LogP contribution in [0.15, 0.2) is 48.5 Å². The fourth-order valence-corrected chi connectivity index (χ4v) is 3.88. The minimum Gasteiger partial charge on any atom is -0.394 e. The standard InChI is InChI=1S/C20H20Cl2O6/c21-13-7-3-1-5-11(13)19-25-10-15(24)17-18(28-19)16(9-23)26-20(27-17)12-6-2-4-8-14(12)22/h1-8,15-20,23-24H,9-10H2/t15-,16+,17+,18+,19?,20?/m1/s1. The molecule has 6 atom stereocenters. The molecule has 0 bridgehead atoms. The molecule has 2 aliphatic heterocycles. The number of fused-ring (bicyclic) bond motifs is 1. The zero-order chi connectivity index (χ0) is 19.7. The van der Waals surface area contributed by atoms with Gasteiger partial charge in [-0.2, -0.15) is 0 Å². The van der Waals surface area contributed by atoms with Crippen LogP contribution in [0.25, 0.3) is 0 Å².